The first-order chi connectivity index (χ1) is 8.38. The molecule has 1 saturated carbocycles. The van der Waals surface area contributed by atoms with Gasteiger partial charge in [-0.2, -0.15) is 4.98 Å². The van der Waals surface area contributed by atoms with Gasteiger partial charge < -0.3 is 4.90 Å². The van der Waals surface area contributed by atoms with Crippen molar-refractivity contribution in [3.8, 4) is 0 Å². The summed E-state index contributed by atoms with van der Waals surface area (Å²) < 4.78 is 0. The predicted octanol–water partition coefficient (Wildman–Crippen LogP) is 1.53. The number of nitrogen functional groups attached to an aromatic ring is 1. The Balaban J connectivity index is 1.83. The van der Waals surface area contributed by atoms with E-state index in [0.717, 1.165) is 18.3 Å². The Morgan fingerprint density at radius 2 is 2.18 bits per heavy atom. The average Bonchev–Trinajstić information content (AvgIpc) is 2.82. The second-order valence-corrected chi connectivity index (χ2v) is 4.98. The zero-order valence-corrected chi connectivity index (χ0v) is 9.97. The number of aromatic nitrogens is 2. The van der Waals surface area contributed by atoms with Crippen molar-refractivity contribution in [2.75, 3.05) is 16.9 Å². The summed E-state index contributed by atoms with van der Waals surface area (Å²) in [6, 6.07) is 2.67. The number of nitrogens with zero attached hydrogens (tertiary/aromatic N) is 3. The van der Waals surface area contributed by atoms with E-state index in [1.807, 2.05) is 6.07 Å². The van der Waals surface area contributed by atoms with E-state index in [1.165, 1.54) is 32.1 Å². The highest BCUT2D eigenvalue weighted by Gasteiger charge is 2.36. The molecule has 2 fully saturated rings. The maximum absolute atomic E-state index is 5.36. The van der Waals surface area contributed by atoms with Crippen molar-refractivity contribution in [2.24, 2.45) is 11.8 Å². The van der Waals surface area contributed by atoms with Crippen LogP contribution in [0.2, 0.25) is 0 Å². The zero-order chi connectivity index (χ0) is 11.7. The Morgan fingerprint density at radius 3 is 3.06 bits per heavy atom. The van der Waals surface area contributed by atoms with Crippen LogP contribution in [-0.4, -0.2) is 22.6 Å². The minimum atomic E-state index is 0.502. The Morgan fingerprint density at radius 1 is 1.29 bits per heavy atom. The first-order valence-corrected chi connectivity index (χ1v) is 6.45. The van der Waals surface area contributed by atoms with Gasteiger partial charge in [-0.15, -0.1) is 0 Å². The van der Waals surface area contributed by atoms with Gasteiger partial charge in [-0.05, 0) is 31.2 Å². The molecule has 17 heavy (non-hydrogen) atoms. The number of fused-ring (bicyclic) bond motifs is 1. The van der Waals surface area contributed by atoms with Gasteiger partial charge in [-0.1, -0.05) is 12.8 Å². The minimum absolute atomic E-state index is 0.502. The predicted molar refractivity (Wildman–Crippen MR) is 67.6 cm³/mol. The summed E-state index contributed by atoms with van der Waals surface area (Å²) in [5.41, 5.74) is 2.51. The normalized spacial score (nSPS) is 27.9. The number of hydrogen-bond acceptors (Lipinski definition) is 5. The van der Waals surface area contributed by atoms with Crippen LogP contribution in [0.3, 0.4) is 0 Å². The maximum Gasteiger partial charge on any atom is 0.239 e. The smallest absolute Gasteiger partial charge is 0.239 e. The molecule has 2 unspecified atom stereocenters. The van der Waals surface area contributed by atoms with Gasteiger partial charge in [0.25, 0.3) is 0 Å². The quantitative estimate of drug-likeness (QED) is 0.599. The Labute approximate surface area is 101 Å². The summed E-state index contributed by atoms with van der Waals surface area (Å²) >= 11 is 0. The Bertz CT molecular complexity index is 394. The summed E-state index contributed by atoms with van der Waals surface area (Å²) in [7, 11) is 0. The summed E-state index contributed by atoms with van der Waals surface area (Å²) in [6.45, 7) is 1.12. The van der Waals surface area contributed by atoms with Gasteiger partial charge in [0.2, 0.25) is 5.95 Å². The lowest BCUT2D eigenvalue weighted by Gasteiger charge is -2.32. The van der Waals surface area contributed by atoms with E-state index >= 15 is 0 Å². The SMILES string of the molecule is NNc1nccc(N2CCC3CCCCC32)n1. The molecule has 0 spiro atoms. The zero-order valence-electron chi connectivity index (χ0n) is 9.97. The van der Waals surface area contributed by atoms with Crippen LogP contribution in [-0.2, 0) is 0 Å². The molecule has 0 radical (unpaired) electrons. The molecule has 5 heteroatoms. The van der Waals surface area contributed by atoms with E-state index in [2.05, 4.69) is 20.3 Å². The molecule has 0 aromatic carbocycles. The lowest BCUT2D eigenvalue weighted by molar-refractivity contribution is 0.341. The molecular weight excluding hydrogens is 214 g/mol. The molecule has 1 aromatic rings. The van der Waals surface area contributed by atoms with Gasteiger partial charge in [0, 0.05) is 18.8 Å². The van der Waals surface area contributed by atoms with Crippen molar-refractivity contribution in [3.63, 3.8) is 0 Å². The summed E-state index contributed by atoms with van der Waals surface area (Å²) in [5, 5.41) is 0. The first-order valence-electron chi connectivity index (χ1n) is 6.45. The van der Waals surface area contributed by atoms with Gasteiger partial charge in [-0.25, -0.2) is 10.8 Å². The lowest BCUT2D eigenvalue weighted by Crippen LogP contribution is -2.35. The number of hydrazine groups is 1. The molecule has 1 aliphatic heterocycles. The number of rotatable bonds is 2. The fourth-order valence-corrected chi connectivity index (χ4v) is 3.27. The minimum Gasteiger partial charge on any atom is -0.353 e. The topological polar surface area (TPSA) is 67.1 Å². The van der Waals surface area contributed by atoms with Crippen LogP contribution in [0.25, 0.3) is 0 Å². The first kappa shape index (κ1) is 10.8. The standard InChI is InChI=1S/C12H19N5/c13-16-12-14-7-5-11(15-12)17-8-6-9-3-1-2-4-10(9)17/h5,7,9-10H,1-4,6,8,13H2,(H,14,15,16). The molecule has 92 valence electrons. The van der Waals surface area contributed by atoms with E-state index in [1.54, 1.807) is 6.20 Å². The van der Waals surface area contributed by atoms with Crippen LogP contribution in [0.15, 0.2) is 12.3 Å². The third-order valence-electron chi connectivity index (χ3n) is 4.07. The Kier molecular flexibility index (Phi) is 2.84. The molecule has 1 aliphatic carbocycles. The van der Waals surface area contributed by atoms with Crippen LogP contribution in [0.4, 0.5) is 11.8 Å². The van der Waals surface area contributed by atoms with Gasteiger partial charge in [0.1, 0.15) is 5.82 Å². The van der Waals surface area contributed by atoms with Crippen LogP contribution < -0.4 is 16.2 Å². The van der Waals surface area contributed by atoms with E-state index in [0.29, 0.717) is 12.0 Å². The molecule has 3 rings (SSSR count). The van der Waals surface area contributed by atoms with Crippen molar-refractivity contribution in [1.82, 2.24) is 9.97 Å². The molecule has 5 nitrogen and oxygen atoms in total. The Hall–Kier alpha value is -1.36. The summed E-state index contributed by atoms with van der Waals surface area (Å²) in [5.74, 6) is 7.74. The number of nitrogens with two attached hydrogens (primary N) is 1. The summed E-state index contributed by atoms with van der Waals surface area (Å²) in [6.07, 6.45) is 8.52. The molecule has 2 atom stereocenters. The van der Waals surface area contributed by atoms with Crippen molar-refractivity contribution >= 4 is 11.8 Å². The molecule has 2 heterocycles. The largest absolute Gasteiger partial charge is 0.353 e. The van der Waals surface area contributed by atoms with E-state index in [-0.39, 0.29) is 0 Å². The molecule has 0 bridgehead atoms. The second-order valence-electron chi connectivity index (χ2n) is 4.98. The summed E-state index contributed by atoms with van der Waals surface area (Å²) in [4.78, 5) is 10.9. The van der Waals surface area contributed by atoms with Crippen molar-refractivity contribution in [1.29, 1.82) is 0 Å². The second kappa shape index (κ2) is 4.49. The van der Waals surface area contributed by atoms with Crippen LogP contribution >= 0.6 is 0 Å². The van der Waals surface area contributed by atoms with Crippen LogP contribution in [0.1, 0.15) is 32.1 Å². The molecule has 0 amide bonds. The monoisotopic (exact) mass is 233 g/mol. The van der Waals surface area contributed by atoms with E-state index in [4.69, 9.17) is 5.84 Å². The van der Waals surface area contributed by atoms with Crippen molar-refractivity contribution < 1.29 is 0 Å². The maximum atomic E-state index is 5.36. The fourth-order valence-electron chi connectivity index (χ4n) is 3.27. The molecule has 2 aliphatic rings. The number of anilines is 2. The van der Waals surface area contributed by atoms with E-state index < -0.39 is 0 Å². The van der Waals surface area contributed by atoms with Gasteiger partial charge in [0.05, 0.1) is 0 Å². The van der Waals surface area contributed by atoms with Crippen molar-refractivity contribution in [3.05, 3.63) is 12.3 Å². The fraction of sp³-hybridized carbons (Fsp3) is 0.667. The van der Waals surface area contributed by atoms with Gasteiger partial charge in [0.15, 0.2) is 0 Å². The third kappa shape index (κ3) is 1.95. The number of nitrogens with one attached hydrogen (secondary N) is 1. The van der Waals surface area contributed by atoms with Gasteiger partial charge >= 0.3 is 0 Å². The highest BCUT2D eigenvalue weighted by Crippen LogP contribution is 2.38. The molecular formula is C12H19N5. The lowest BCUT2D eigenvalue weighted by atomic mass is 9.85. The molecule has 1 saturated heterocycles. The number of hydrogen-bond donors (Lipinski definition) is 2. The van der Waals surface area contributed by atoms with Crippen molar-refractivity contribution in [2.45, 2.75) is 38.1 Å². The van der Waals surface area contributed by atoms with E-state index in [9.17, 15) is 0 Å². The van der Waals surface area contributed by atoms with Gasteiger partial charge in [-0.3, -0.25) is 5.43 Å². The molecule has 3 N–H and O–H groups in total. The van der Waals surface area contributed by atoms with Crippen LogP contribution in [0.5, 0.6) is 0 Å². The highest BCUT2D eigenvalue weighted by molar-refractivity contribution is 5.44. The molecule has 1 aromatic heterocycles. The van der Waals surface area contributed by atoms with Crippen LogP contribution in [0, 0.1) is 5.92 Å². The average molecular weight is 233 g/mol. The third-order valence-corrected chi connectivity index (χ3v) is 4.07. The highest BCUT2D eigenvalue weighted by atomic mass is 15.3.